The van der Waals surface area contributed by atoms with Crippen LogP contribution in [-0.2, 0) is 10.0 Å². The van der Waals surface area contributed by atoms with Crippen molar-refractivity contribution in [2.45, 2.75) is 36.6 Å². The van der Waals surface area contributed by atoms with E-state index in [0.29, 0.717) is 13.0 Å². The molecule has 1 saturated heterocycles. The van der Waals surface area contributed by atoms with Crippen LogP contribution in [0.3, 0.4) is 0 Å². The number of benzene rings is 1. The number of sulfonamides is 1. The average Bonchev–Trinajstić information content (AvgIpc) is 2.39. The van der Waals surface area contributed by atoms with Crippen LogP contribution in [-0.4, -0.2) is 29.8 Å². The largest absolute Gasteiger partial charge is 0.392 e. The molecule has 0 radical (unpaired) electrons. The predicted molar refractivity (Wildman–Crippen MR) is 79.3 cm³/mol. The first kappa shape index (κ1) is 15.3. The first-order chi connectivity index (χ1) is 9.28. The molecule has 0 unspecified atom stereocenters. The first-order valence-electron chi connectivity index (χ1n) is 6.37. The molecule has 2 N–H and O–H groups in total. The summed E-state index contributed by atoms with van der Waals surface area (Å²) in [7, 11) is -3.73. The van der Waals surface area contributed by atoms with E-state index in [-0.39, 0.29) is 9.88 Å². The number of nitrogens with zero attached hydrogens (tertiary/aromatic N) is 1. The highest BCUT2D eigenvalue weighted by molar-refractivity contribution is 7.89. The van der Waals surface area contributed by atoms with Crippen molar-refractivity contribution in [3.8, 4) is 0 Å². The molecule has 0 aliphatic carbocycles. The maximum absolute atomic E-state index is 12.9. The summed E-state index contributed by atoms with van der Waals surface area (Å²) in [6.07, 6.45) is 2.24. The highest BCUT2D eigenvalue weighted by Crippen LogP contribution is 2.33. The lowest BCUT2D eigenvalue weighted by Gasteiger charge is -2.42. The molecule has 110 valence electrons. The summed E-state index contributed by atoms with van der Waals surface area (Å²) < 4.78 is 39.7. The van der Waals surface area contributed by atoms with Gasteiger partial charge in [0.05, 0.1) is 15.4 Å². The lowest BCUT2D eigenvalue weighted by molar-refractivity contribution is 0.218. The molecular formula is C13H17FN2O2S2. The molecule has 0 saturated carbocycles. The molecule has 1 heterocycles. The van der Waals surface area contributed by atoms with E-state index < -0.39 is 21.4 Å². The Morgan fingerprint density at radius 2 is 1.95 bits per heavy atom. The van der Waals surface area contributed by atoms with Crippen LogP contribution in [0.5, 0.6) is 0 Å². The van der Waals surface area contributed by atoms with Gasteiger partial charge in [-0.3, -0.25) is 0 Å². The predicted octanol–water partition coefficient (Wildman–Crippen LogP) is 2.05. The summed E-state index contributed by atoms with van der Waals surface area (Å²) >= 11 is 5.06. The number of hydrogen-bond donors (Lipinski definition) is 1. The van der Waals surface area contributed by atoms with E-state index in [1.165, 1.54) is 16.4 Å². The topological polar surface area (TPSA) is 63.4 Å². The normalized spacial score (nSPS) is 24.5. The smallest absolute Gasteiger partial charge is 0.243 e. The third kappa shape index (κ3) is 2.57. The highest BCUT2D eigenvalue weighted by Gasteiger charge is 2.44. The van der Waals surface area contributed by atoms with Gasteiger partial charge < -0.3 is 5.73 Å². The lowest BCUT2D eigenvalue weighted by atomic mass is 9.91. The van der Waals surface area contributed by atoms with Crippen LogP contribution in [0.4, 0.5) is 4.39 Å². The SMILES string of the molecule is C[C@@]1(C(N)=S)CCCCN1S(=O)(=O)c1ccc(F)cc1. The van der Waals surface area contributed by atoms with Gasteiger partial charge >= 0.3 is 0 Å². The Bertz CT molecular complexity index is 616. The third-order valence-electron chi connectivity index (χ3n) is 3.76. The second-order valence-electron chi connectivity index (χ2n) is 5.13. The fourth-order valence-corrected chi connectivity index (χ4v) is 4.56. The third-order valence-corrected chi connectivity index (χ3v) is 6.23. The number of hydrogen-bond acceptors (Lipinski definition) is 3. The number of rotatable bonds is 3. The van der Waals surface area contributed by atoms with Gasteiger partial charge in [-0.15, -0.1) is 0 Å². The fraction of sp³-hybridized carbons (Fsp3) is 0.462. The van der Waals surface area contributed by atoms with E-state index in [4.69, 9.17) is 18.0 Å². The summed E-state index contributed by atoms with van der Waals surface area (Å²) in [4.78, 5) is 0.228. The Balaban J connectivity index is 2.46. The maximum Gasteiger partial charge on any atom is 0.243 e. The van der Waals surface area contributed by atoms with E-state index in [0.717, 1.165) is 25.0 Å². The van der Waals surface area contributed by atoms with E-state index in [1.807, 2.05) is 0 Å². The summed E-state index contributed by atoms with van der Waals surface area (Å²) in [6.45, 7) is 2.11. The second-order valence-corrected chi connectivity index (χ2v) is 7.43. The molecule has 7 heteroatoms. The van der Waals surface area contributed by atoms with Crippen LogP contribution in [0.1, 0.15) is 26.2 Å². The average molecular weight is 316 g/mol. The Morgan fingerprint density at radius 3 is 2.50 bits per heavy atom. The van der Waals surface area contributed by atoms with Gasteiger partial charge in [0.25, 0.3) is 0 Å². The monoisotopic (exact) mass is 316 g/mol. The highest BCUT2D eigenvalue weighted by atomic mass is 32.2. The molecular weight excluding hydrogens is 299 g/mol. The van der Waals surface area contributed by atoms with E-state index >= 15 is 0 Å². The van der Waals surface area contributed by atoms with Crippen LogP contribution >= 0.6 is 12.2 Å². The van der Waals surface area contributed by atoms with Crippen molar-refractivity contribution >= 4 is 27.2 Å². The van der Waals surface area contributed by atoms with Crippen molar-refractivity contribution in [1.82, 2.24) is 4.31 Å². The zero-order valence-electron chi connectivity index (χ0n) is 11.2. The maximum atomic E-state index is 12.9. The first-order valence-corrected chi connectivity index (χ1v) is 8.21. The van der Waals surface area contributed by atoms with Crippen molar-refractivity contribution in [3.05, 3.63) is 30.1 Å². The van der Waals surface area contributed by atoms with Crippen molar-refractivity contribution < 1.29 is 12.8 Å². The summed E-state index contributed by atoms with van der Waals surface area (Å²) in [5.74, 6) is -0.472. The second kappa shape index (κ2) is 5.38. The summed E-state index contributed by atoms with van der Waals surface area (Å²) in [6, 6.07) is 4.79. The van der Waals surface area contributed by atoms with Gasteiger partial charge in [-0.1, -0.05) is 12.2 Å². The minimum atomic E-state index is -3.73. The van der Waals surface area contributed by atoms with Gasteiger partial charge in [0.2, 0.25) is 10.0 Å². The number of halogens is 1. The van der Waals surface area contributed by atoms with Crippen molar-refractivity contribution in [1.29, 1.82) is 0 Å². The zero-order chi connectivity index (χ0) is 15.0. The molecule has 1 atom stereocenters. The van der Waals surface area contributed by atoms with Gasteiger partial charge in [-0.05, 0) is 50.5 Å². The zero-order valence-corrected chi connectivity index (χ0v) is 12.8. The summed E-state index contributed by atoms with van der Waals surface area (Å²) in [5.41, 5.74) is 4.90. The molecule has 1 aromatic carbocycles. The van der Waals surface area contributed by atoms with Crippen molar-refractivity contribution in [3.63, 3.8) is 0 Å². The molecule has 0 spiro atoms. The molecule has 4 nitrogen and oxygen atoms in total. The van der Waals surface area contributed by atoms with Crippen LogP contribution in [0.15, 0.2) is 29.2 Å². The Hall–Kier alpha value is -1.05. The number of nitrogens with two attached hydrogens (primary N) is 1. The van der Waals surface area contributed by atoms with Crippen molar-refractivity contribution in [2.24, 2.45) is 5.73 Å². The number of piperidine rings is 1. The molecule has 20 heavy (non-hydrogen) atoms. The molecule has 1 aliphatic heterocycles. The fourth-order valence-electron chi connectivity index (χ4n) is 2.46. The van der Waals surface area contributed by atoms with Gasteiger partial charge in [0, 0.05) is 6.54 Å². The van der Waals surface area contributed by atoms with Gasteiger partial charge in [0.1, 0.15) is 5.82 Å². The molecule has 0 amide bonds. The minimum absolute atomic E-state index is 0.0586. The van der Waals surface area contributed by atoms with Gasteiger partial charge in [0.15, 0.2) is 0 Å². The molecule has 1 fully saturated rings. The molecule has 1 aromatic rings. The molecule has 1 aliphatic rings. The van der Waals surface area contributed by atoms with Gasteiger partial charge in [-0.25, -0.2) is 12.8 Å². The summed E-state index contributed by atoms with van der Waals surface area (Å²) in [5, 5.41) is 0. The molecule has 0 bridgehead atoms. The Labute approximate surface area is 123 Å². The lowest BCUT2D eigenvalue weighted by Crippen LogP contribution is -2.58. The van der Waals surface area contributed by atoms with Crippen LogP contribution in [0, 0.1) is 5.82 Å². The molecule has 2 rings (SSSR count). The van der Waals surface area contributed by atoms with E-state index in [2.05, 4.69) is 0 Å². The Morgan fingerprint density at radius 1 is 1.35 bits per heavy atom. The molecule has 0 aromatic heterocycles. The standard InChI is InChI=1S/C13H17FN2O2S2/c1-13(12(15)19)8-2-3-9-16(13)20(17,18)11-6-4-10(14)5-7-11/h4-7H,2-3,8-9H2,1H3,(H2,15,19)/t13-/m0/s1. The Kier molecular flexibility index (Phi) is 4.13. The number of thiocarbonyl (C=S) groups is 1. The van der Waals surface area contributed by atoms with E-state index in [9.17, 15) is 12.8 Å². The van der Waals surface area contributed by atoms with Crippen LogP contribution in [0.25, 0.3) is 0 Å². The van der Waals surface area contributed by atoms with Gasteiger partial charge in [-0.2, -0.15) is 4.31 Å². The van der Waals surface area contributed by atoms with Crippen molar-refractivity contribution in [2.75, 3.05) is 6.54 Å². The van der Waals surface area contributed by atoms with Crippen LogP contribution < -0.4 is 5.73 Å². The quantitative estimate of drug-likeness (QED) is 0.867. The minimum Gasteiger partial charge on any atom is -0.392 e. The van der Waals surface area contributed by atoms with E-state index in [1.54, 1.807) is 6.92 Å². The van der Waals surface area contributed by atoms with Crippen LogP contribution in [0.2, 0.25) is 0 Å².